The lowest BCUT2D eigenvalue weighted by Crippen LogP contribution is -2.34. The molecule has 2 amide bonds. The van der Waals surface area contributed by atoms with Crippen LogP contribution in [0, 0.1) is 19.8 Å². The number of thiophene rings is 1. The van der Waals surface area contributed by atoms with Crippen LogP contribution in [0.15, 0.2) is 24.3 Å². The first-order valence-electron chi connectivity index (χ1n) is 10.6. The highest BCUT2D eigenvalue weighted by Gasteiger charge is 2.27. The van der Waals surface area contributed by atoms with Crippen molar-refractivity contribution in [3.63, 3.8) is 0 Å². The van der Waals surface area contributed by atoms with E-state index >= 15 is 0 Å². The van der Waals surface area contributed by atoms with Gasteiger partial charge in [0, 0.05) is 18.7 Å². The minimum absolute atomic E-state index is 0.00435. The van der Waals surface area contributed by atoms with Crippen LogP contribution in [-0.2, 0) is 4.79 Å². The molecule has 1 saturated carbocycles. The van der Waals surface area contributed by atoms with E-state index < -0.39 is 5.97 Å². The van der Waals surface area contributed by atoms with Gasteiger partial charge in [-0.2, -0.15) is 0 Å². The van der Waals surface area contributed by atoms with Crippen molar-refractivity contribution in [2.45, 2.75) is 45.6 Å². The van der Waals surface area contributed by atoms with Crippen LogP contribution in [0.5, 0.6) is 5.75 Å². The number of carbonyl (C=O) groups is 3. The van der Waals surface area contributed by atoms with Gasteiger partial charge in [-0.3, -0.25) is 14.4 Å². The summed E-state index contributed by atoms with van der Waals surface area (Å²) in [4.78, 5) is 36.2. The monoisotopic (exact) mass is 478 g/mol. The van der Waals surface area contributed by atoms with Crippen molar-refractivity contribution >= 4 is 40.7 Å². The van der Waals surface area contributed by atoms with Gasteiger partial charge < -0.3 is 20.5 Å². The number of halogens is 1. The molecule has 1 aliphatic rings. The van der Waals surface area contributed by atoms with Crippen LogP contribution in [0.1, 0.15) is 56.8 Å². The number of aryl methyl sites for hydroxylation is 2. The first kappa shape index (κ1) is 24.1. The quantitative estimate of drug-likeness (QED) is 0.493. The zero-order valence-electron chi connectivity index (χ0n) is 18.1. The zero-order valence-corrected chi connectivity index (χ0v) is 19.6. The third kappa shape index (κ3) is 6.23. The number of carboxylic acids is 1. The van der Waals surface area contributed by atoms with Gasteiger partial charge in [0.25, 0.3) is 11.8 Å². The van der Waals surface area contributed by atoms with E-state index in [2.05, 4.69) is 10.6 Å². The molecule has 0 atom stereocenters. The highest BCUT2D eigenvalue weighted by atomic mass is 35.5. The number of aliphatic carboxylic acids is 1. The largest absolute Gasteiger partial charge is 0.490 e. The maximum atomic E-state index is 12.5. The highest BCUT2D eigenvalue weighted by molar-refractivity contribution is 7.18. The number of benzene rings is 1. The van der Waals surface area contributed by atoms with E-state index in [1.807, 2.05) is 19.9 Å². The lowest BCUT2D eigenvalue weighted by atomic mass is 9.87. The summed E-state index contributed by atoms with van der Waals surface area (Å²) in [7, 11) is 0. The second-order valence-corrected chi connectivity index (χ2v) is 9.64. The fourth-order valence-electron chi connectivity index (χ4n) is 3.69. The highest BCUT2D eigenvalue weighted by Crippen LogP contribution is 2.29. The predicted molar refractivity (Wildman–Crippen MR) is 124 cm³/mol. The van der Waals surface area contributed by atoms with E-state index in [0.717, 1.165) is 11.1 Å². The standard InChI is InChI=1S/C23H27ClN2O5S/c1-13-11-17(31-16-5-3-15(4-6-16)23(29)30)7-8-18(13)21(27)25-9-10-26-22(28)19-12-14(2)20(24)32-19/h7-8,11-12,15-16H,3-6,9-10H2,1-2H3,(H,25,27)(H,26,28)(H,29,30)/t15-,16+. The van der Waals surface area contributed by atoms with Crippen molar-refractivity contribution in [2.75, 3.05) is 13.1 Å². The van der Waals surface area contributed by atoms with Gasteiger partial charge in [0.05, 0.1) is 21.2 Å². The minimum Gasteiger partial charge on any atom is -0.490 e. The summed E-state index contributed by atoms with van der Waals surface area (Å²) in [6.07, 6.45) is 2.66. The Hall–Kier alpha value is -2.58. The van der Waals surface area contributed by atoms with Crippen molar-refractivity contribution < 1.29 is 24.2 Å². The lowest BCUT2D eigenvalue weighted by Gasteiger charge is -2.27. The molecule has 1 aromatic carbocycles. The average molecular weight is 479 g/mol. The minimum atomic E-state index is -0.736. The van der Waals surface area contributed by atoms with Gasteiger partial charge in [0.2, 0.25) is 0 Å². The zero-order chi connectivity index (χ0) is 23.3. The molecule has 1 aliphatic carbocycles. The second-order valence-electron chi connectivity index (χ2n) is 7.99. The van der Waals surface area contributed by atoms with Crippen molar-refractivity contribution in [1.82, 2.24) is 10.6 Å². The summed E-state index contributed by atoms with van der Waals surface area (Å²) in [5.74, 6) is -0.774. The molecular weight excluding hydrogens is 452 g/mol. The maximum Gasteiger partial charge on any atom is 0.306 e. The fourth-order valence-corrected chi connectivity index (χ4v) is 4.81. The molecule has 1 heterocycles. The fraction of sp³-hybridized carbons (Fsp3) is 0.435. The Balaban J connectivity index is 1.44. The first-order valence-corrected chi connectivity index (χ1v) is 11.8. The van der Waals surface area contributed by atoms with E-state index in [-0.39, 0.29) is 23.8 Å². The summed E-state index contributed by atoms with van der Waals surface area (Å²) in [5, 5.41) is 14.7. The Morgan fingerprint density at radius 2 is 1.69 bits per heavy atom. The number of hydrogen-bond donors (Lipinski definition) is 3. The van der Waals surface area contributed by atoms with E-state index in [9.17, 15) is 14.4 Å². The SMILES string of the molecule is Cc1cc(O[C@H]2CC[C@@H](C(=O)O)CC2)ccc1C(=O)NCCNC(=O)c1cc(C)c(Cl)s1. The van der Waals surface area contributed by atoms with Crippen LogP contribution >= 0.6 is 22.9 Å². The molecule has 3 N–H and O–H groups in total. The van der Waals surface area contributed by atoms with Crippen LogP contribution in [0.25, 0.3) is 0 Å². The third-order valence-electron chi connectivity index (χ3n) is 5.55. The van der Waals surface area contributed by atoms with Gasteiger partial charge in [-0.1, -0.05) is 11.6 Å². The Bertz CT molecular complexity index is 979. The van der Waals surface area contributed by atoms with Crippen LogP contribution in [0.4, 0.5) is 0 Å². The Kier molecular flexibility index (Phi) is 8.15. The van der Waals surface area contributed by atoms with Crippen molar-refractivity contribution in [1.29, 1.82) is 0 Å². The molecule has 9 heteroatoms. The molecule has 0 saturated heterocycles. The molecular formula is C23H27ClN2O5S. The van der Waals surface area contributed by atoms with Crippen molar-refractivity contribution in [3.05, 3.63) is 50.2 Å². The molecule has 7 nitrogen and oxygen atoms in total. The topological polar surface area (TPSA) is 105 Å². The number of ether oxygens (including phenoxy) is 1. The van der Waals surface area contributed by atoms with Gasteiger partial charge in [0.15, 0.2) is 0 Å². The Morgan fingerprint density at radius 3 is 2.25 bits per heavy atom. The van der Waals surface area contributed by atoms with Crippen LogP contribution in [0.3, 0.4) is 0 Å². The summed E-state index contributed by atoms with van der Waals surface area (Å²) in [5.41, 5.74) is 2.19. The van der Waals surface area contributed by atoms with E-state index in [4.69, 9.17) is 21.4 Å². The first-order chi connectivity index (χ1) is 15.2. The summed E-state index contributed by atoms with van der Waals surface area (Å²) >= 11 is 7.22. The Morgan fingerprint density at radius 1 is 1.03 bits per heavy atom. The number of carbonyl (C=O) groups excluding carboxylic acids is 2. The van der Waals surface area contributed by atoms with Crippen molar-refractivity contribution in [3.8, 4) is 5.75 Å². The predicted octanol–water partition coefficient (Wildman–Crippen LogP) is 4.20. The molecule has 0 bridgehead atoms. The molecule has 0 aliphatic heterocycles. The number of rotatable bonds is 8. The average Bonchev–Trinajstić information content (AvgIpc) is 3.10. The smallest absolute Gasteiger partial charge is 0.306 e. The molecule has 1 aromatic heterocycles. The van der Waals surface area contributed by atoms with Crippen LogP contribution in [-0.4, -0.2) is 42.1 Å². The molecule has 0 radical (unpaired) electrons. The third-order valence-corrected chi connectivity index (χ3v) is 7.10. The van der Waals surface area contributed by atoms with E-state index in [1.54, 1.807) is 18.2 Å². The lowest BCUT2D eigenvalue weighted by molar-refractivity contribution is -0.143. The van der Waals surface area contributed by atoms with Gasteiger partial charge in [-0.15, -0.1) is 11.3 Å². The van der Waals surface area contributed by atoms with Crippen molar-refractivity contribution in [2.24, 2.45) is 5.92 Å². The van der Waals surface area contributed by atoms with E-state index in [1.165, 1.54) is 11.3 Å². The molecule has 0 spiro atoms. The van der Waals surface area contributed by atoms with Gasteiger partial charge >= 0.3 is 5.97 Å². The van der Waals surface area contributed by atoms with E-state index in [0.29, 0.717) is 59.3 Å². The number of amides is 2. The molecule has 172 valence electrons. The molecule has 1 fully saturated rings. The summed E-state index contributed by atoms with van der Waals surface area (Å²) in [6.45, 7) is 4.29. The molecule has 3 rings (SSSR count). The molecule has 2 aromatic rings. The van der Waals surface area contributed by atoms with Gasteiger partial charge in [-0.05, 0) is 74.9 Å². The summed E-state index contributed by atoms with van der Waals surface area (Å²) in [6, 6.07) is 7.04. The van der Waals surface area contributed by atoms with Gasteiger partial charge in [0.1, 0.15) is 5.75 Å². The van der Waals surface area contributed by atoms with Crippen LogP contribution < -0.4 is 15.4 Å². The number of nitrogens with one attached hydrogen (secondary N) is 2. The summed E-state index contributed by atoms with van der Waals surface area (Å²) < 4.78 is 6.59. The van der Waals surface area contributed by atoms with Gasteiger partial charge in [-0.25, -0.2) is 0 Å². The number of hydrogen-bond acceptors (Lipinski definition) is 5. The maximum absolute atomic E-state index is 12.5. The molecule has 0 unspecified atom stereocenters. The van der Waals surface area contributed by atoms with Crippen LogP contribution in [0.2, 0.25) is 4.34 Å². The normalized spacial score (nSPS) is 18.1. The Labute approximate surface area is 196 Å². The second kappa shape index (κ2) is 10.8. The molecule has 32 heavy (non-hydrogen) atoms. The number of carboxylic acid groups (broad SMARTS) is 1.